The van der Waals surface area contributed by atoms with Crippen molar-refractivity contribution in [3.05, 3.63) is 0 Å². The highest BCUT2D eigenvalue weighted by Crippen LogP contribution is 2.27. The molecular weight excluding hydrogens is 214 g/mol. The van der Waals surface area contributed by atoms with E-state index >= 15 is 0 Å². The summed E-state index contributed by atoms with van der Waals surface area (Å²) in [5.41, 5.74) is 0. The van der Waals surface area contributed by atoms with Crippen molar-refractivity contribution >= 4 is 0 Å². The minimum atomic E-state index is 0.0394. The maximum Gasteiger partial charge on any atom is 0.0933 e. The van der Waals surface area contributed by atoms with Gasteiger partial charge in [-0.1, -0.05) is 32.1 Å². The van der Waals surface area contributed by atoms with Crippen molar-refractivity contribution in [1.29, 1.82) is 0 Å². The van der Waals surface area contributed by atoms with Crippen LogP contribution in [0.3, 0.4) is 0 Å². The Hall–Kier alpha value is -0.120. The number of hydrogen-bond acceptors (Lipinski definition) is 3. The normalized spacial score (nSPS) is 32.8. The molecular formula is C14H27NO2. The molecule has 2 aliphatic rings. The smallest absolute Gasteiger partial charge is 0.0933 e. The van der Waals surface area contributed by atoms with Gasteiger partial charge in [0.15, 0.2) is 0 Å². The van der Waals surface area contributed by atoms with Gasteiger partial charge in [0.2, 0.25) is 0 Å². The lowest BCUT2D eigenvalue weighted by Crippen LogP contribution is -2.49. The molecule has 0 aromatic rings. The molecule has 0 bridgehead atoms. The van der Waals surface area contributed by atoms with Crippen molar-refractivity contribution in [2.75, 3.05) is 26.3 Å². The van der Waals surface area contributed by atoms with Crippen LogP contribution in [0.4, 0.5) is 0 Å². The van der Waals surface area contributed by atoms with E-state index in [0.29, 0.717) is 6.04 Å². The standard InChI is InChI=1S/C14H27NO2/c1-12-11-17-14(10-16)9-15(12)8-7-13-5-3-2-4-6-13/h12-14,16H,2-11H2,1H3. The Morgan fingerprint density at radius 2 is 2.00 bits per heavy atom. The summed E-state index contributed by atoms with van der Waals surface area (Å²) < 4.78 is 5.57. The van der Waals surface area contributed by atoms with Gasteiger partial charge in [-0.25, -0.2) is 0 Å². The molecule has 1 saturated carbocycles. The van der Waals surface area contributed by atoms with Crippen LogP contribution in [-0.2, 0) is 4.74 Å². The predicted octanol–water partition coefficient (Wildman–Crippen LogP) is 2.04. The minimum absolute atomic E-state index is 0.0394. The summed E-state index contributed by atoms with van der Waals surface area (Å²) in [7, 11) is 0. The molecule has 0 spiro atoms. The van der Waals surface area contributed by atoms with Crippen molar-refractivity contribution in [2.24, 2.45) is 5.92 Å². The first kappa shape index (κ1) is 13.3. The highest BCUT2D eigenvalue weighted by Gasteiger charge is 2.26. The fraction of sp³-hybridized carbons (Fsp3) is 1.00. The number of nitrogens with zero attached hydrogens (tertiary/aromatic N) is 1. The summed E-state index contributed by atoms with van der Waals surface area (Å²) in [6.07, 6.45) is 8.55. The second-order valence-corrected chi connectivity index (χ2v) is 5.77. The molecule has 3 nitrogen and oxygen atoms in total. The maximum absolute atomic E-state index is 9.16. The van der Waals surface area contributed by atoms with E-state index in [1.807, 2.05) is 0 Å². The third kappa shape index (κ3) is 3.94. The monoisotopic (exact) mass is 241 g/mol. The lowest BCUT2D eigenvalue weighted by Gasteiger charge is -2.38. The second-order valence-electron chi connectivity index (χ2n) is 5.77. The number of hydrogen-bond donors (Lipinski definition) is 1. The Kier molecular flexibility index (Phi) is 5.26. The zero-order valence-corrected chi connectivity index (χ0v) is 11.1. The molecule has 0 aromatic heterocycles. The first-order valence-corrected chi connectivity index (χ1v) is 7.26. The van der Waals surface area contributed by atoms with Crippen LogP contribution in [0.1, 0.15) is 45.4 Å². The maximum atomic E-state index is 9.16. The van der Waals surface area contributed by atoms with Crippen molar-refractivity contribution < 1.29 is 9.84 Å². The van der Waals surface area contributed by atoms with E-state index < -0.39 is 0 Å². The quantitative estimate of drug-likeness (QED) is 0.817. The van der Waals surface area contributed by atoms with Crippen LogP contribution in [0.2, 0.25) is 0 Å². The molecule has 17 heavy (non-hydrogen) atoms. The van der Waals surface area contributed by atoms with Crippen molar-refractivity contribution in [2.45, 2.75) is 57.6 Å². The Bertz CT molecular complexity index is 216. The second kappa shape index (κ2) is 6.72. The van der Waals surface area contributed by atoms with E-state index in [1.54, 1.807) is 0 Å². The summed E-state index contributed by atoms with van der Waals surface area (Å²) in [6.45, 7) is 5.26. The molecule has 1 N–H and O–H groups in total. The van der Waals surface area contributed by atoms with Gasteiger partial charge >= 0.3 is 0 Å². The lowest BCUT2D eigenvalue weighted by atomic mass is 9.87. The zero-order valence-electron chi connectivity index (χ0n) is 11.1. The topological polar surface area (TPSA) is 32.7 Å². The van der Waals surface area contributed by atoms with Gasteiger partial charge < -0.3 is 9.84 Å². The van der Waals surface area contributed by atoms with E-state index in [-0.39, 0.29) is 12.7 Å². The molecule has 1 heterocycles. The molecule has 1 aliphatic heterocycles. The largest absolute Gasteiger partial charge is 0.394 e. The number of aliphatic hydroxyl groups is 1. The van der Waals surface area contributed by atoms with Gasteiger partial charge in [0.25, 0.3) is 0 Å². The van der Waals surface area contributed by atoms with Crippen molar-refractivity contribution in [1.82, 2.24) is 4.90 Å². The summed E-state index contributed by atoms with van der Waals surface area (Å²) in [5.74, 6) is 0.950. The third-order valence-corrected chi connectivity index (χ3v) is 4.39. The molecule has 2 rings (SSSR count). The van der Waals surface area contributed by atoms with Crippen LogP contribution in [0.15, 0.2) is 0 Å². The van der Waals surface area contributed by atoms with Crippen LogP contribution in [0, 0.1) is 5.92 Å². The number of rotatable bonds is 4. The number of morpholine rings is 1. The molecule has 2 unspecified atom stereocenters. The molecule has 2 fully saturated rings. The fourth-order valence-electron chi connectivity index (χ4n) is 3.12. The summed E-state index contributed by atoms with van der Waals surface area (Å²) in [4.78, 5) is 2.50. The Labute approximate surface area is 105 Å². The lowest BCUT2D eigenvalue weighted by molar-refractivity contribution is -0.0790. The summed E-state index contributed by atoms with van der Waals surface area (Å²) in [6, 6.07) is 0.515. The Balaban J connectivity index is 1.72. The molecule has 0 aromatic carbocycles. The molecule has 3 heteroatoms. The minimum Gasteiger partial charge on any atom is -0.394 e. The molecule has 100 valence electrons. The molecule has 2 atom stereocenters. The first-order chi connectivity index (χ1) is 8.29. The number of aliphatic hydroxyl groups excluding tert-OH is 1. The van der Waals surface area contributed by atoms with E-state index in [9.17, 15) is 0 Å². The van der Waals surface area contributed by atoms with E-state index in [4.69, 9.17) is 9.84 Å². The molecule has 0 amide bonds. The first-order valence-electron chi connectivity index (χ1n) is 7.26. The molecule has 1 saturated heterocycles. The SMILES string of the molecule is CC1COC(CO)CN1CCC1CCCCC1. The van der Waals surface area contributed by atoms with Crippen LogP contribution >= 0.6 is 0 Å². The van der Waals surface area contributed by atoms with Crippen LogP contribution < -0.4 is 0 Å². The highest BCUT2D eigenvalue weighted by molar-refractivity contribution is 4.78. The van der Waals surface area contributed by atoms with Crippen LogP contribution in [0.25, 0.3) is 0 Å². The van der Waals surface area contributed by atoms with Gasteiger partial charge in [-0.3, -0.25) is 4.90 Å². The van der Waals surface area contributed by atoms with Crippen molar-refractivity contribution in [3.63, 3.8) is 0 Å². The van der Waals surface area contributed by atoms with E-state index in [0.717, 1.165) is 19.1 Å². The van der Waals surface area contributed by atoms with Gasteiger partial charge in [0.05, 0.1) is 19.3 Å². The van der Waals surface area contributed by atoms with Crippen molar-refractivity contribution in [3.8, 4) is 0 Å². The zero-order chi connectivity index (χ0) is 12.1. The van der Waals surface area contributed by atoms with Gasteiger partial charge in [-0.05, 0) is 25.8 Å². The number of ether oxygens (including phenoxy) is 1. The average molecular weight is 241 g/mol. The molecule has 1 aliphatic carbocycles. The fourth-order valence-corrected chi connectivity index (χ4v) is 3.12. The molecule has 0 radical (unpaired) electrons. The Morgan fingerprint density at radius 3 is 2.71 bits per heavy atom. The summed E-state index contributed by atoms with van der Waals surface area (Å²) >= 11 is 0. The van der Waals surface area contributed by atoms with E-state index in [2.05, 4.69) is 11.8 Å². The highest BCUT2D eigenvalue weighted by atomic mass is 16.5. The third-order valence-electron chi connectivity index (χ3n) is 4.39. The Morgan fingerprint density at radius 1 is 1.24 bits per heavy atom. The summed E-state index contributed by atoms with van der Waals surface area (Å²) in [5, 5.41) is 9.16. The van der Waals surface area contributed by atoms with E-state index in [1.165, 1.54) is 45.1 Å². The van der Waals surface area contributed by atoms with Crippen LogP contribution in [0.5, 0.6) is 0 Å². The van der Waals surface area contributed by atoms with Gasteiger partial charge in [0.1, 0.15) is 0 Å². The van der Waals surface area contributed by atoms with Gasteiger partial charge in [0, 0.05) is 12.6 Å². The average Bonchev–Trinajstić information content (AvgIpc) is 2.39. The van der Waals surface area contributed by atoms with Gasteiger partial charge in [-0.2, -0.15) is 0 Å². The predicted molar refractivity (Wildman–Crippen MR) is 69.1 cm³/mol. The van der Waals surface area contributed by atoms with Crippen LogP contribution in [-0.4, -0.2) is 48.5 Å². The van der Waals surface area contributed by atoms with Gasteiger partial charge in [-0.15, -0.1) is 0 Å².